The van der Waals surface area contributed by atoms with Crippen LogP contribution in [0.5, 0.6) is 0 Å². The third kappa shape index (κ3) is 3.51. The third-order valence-electron chi connectivity index (χ3n) is 2.68. The molecule has 1 aliphatic heterocycles. The lowest BCUT2D eigenvalue weighted by Gasteiger charge is -2.17. The molecule has 2 atom stereocenters. The van der Waals surface area contributed by atoms with Crippen LogP contribution in [0.2, 0.25) is 0 Å². The molecule has 0 aromatic rings. The smallest absolute Gasteiger partial charge is 0.242 e. The summed E-state index contributed by atoms with van der Waals surface area (Å²) >= 11 is 0. The molecule has 1 aliphatic rings. The Bertz CT molecular complexity index is 253. The lowest BCUT2D eigenvalue weighted by Crippen LogP contribution is -2.47. The Morgan fingerprint density at radius 2 is 2.33 bits per heavy atom. The molecule has 0 radical (unpaired) electrons. The average Bonchev–Trinajstić information content (AvgIpc) is 2.60. The molecule has 4 N–H and O–H groups in total. The predicted molar refractivity (Wildman–Crippen MR) is 57.0 cm³/mol. The number of hydrogen-bond donors (Lipinski definition) is 3. The molecule has 0 aromatic heterocycles. The summed E-state index contributed by atoms with van der Waals surface area (Å²) in [7, 11) is 0. The summed E-state index contributed by atoms with van der Waals surface area (Å²) in [6.45, 7) is 4.48. The van der Waals surface area contributed by atoms with Gasteiger partial charge >= 0.3 is 0 Å². The van der Waals surface area contributed by atoms with Gasteiger partial charge < -0.3 is 16.4 Å². The number of hydrogen-bond acceptors (Lipinski definition) is 3. The molecule has 5 nitrogen and oxygen atoms in total. The summed E-state index contributed by atoms with van der Waals surface area (Å²) in [5.74, 6) is 0.156. The molecule has 0 saturated carbocycles. The van der Waals surface area contributed by atoms with Gasteiger partial charge in [-0.25, -0.2) is 0 Å². The summed E-state index contributed by atoms with van der Waals surface area (Å²) < 4.78 is 0. The maximum absolute atomic E-state index is 11.5. The van der Waals surface area contributed by atoms with Crippen molar-refractivity contribution in [1.82, 2.24) is 10.6 Å². The molecule has 0 aliphatic carbocycles. The van der Waals surface area contributed by atoms with E-state index in [1.54, 1.807) is 0 Å². The van der Waals surface area contributed by atoms with Gasteiger partial charge in [-0.1, -0.05) is 13.8 Å². The fourth-order valence-corrected chi connectivity index (χ4v) is 1.39. The van der Waals surface area contributed by atoms with Crippen molar-refractivity contribution in [2.45, 2.75) is 38.8 Å². The Labute approximate surface area is 89.8 Å². The maximum Gasteiger partial charge on any atom is 0.242 e. The van der Waals surface area contributed by atoms with E-state index in [-0.39, 0.29) is 23.9 Å². The standard InChI is InChI=1S/C10H19N3O2/c1-6(2)7(11)5-12-10(15)8-3-4-9(14)13-8/h6-8H,3-5,11H2,1-2H3,(H,12,15)(H,13,14)/t7?,8-/m0/s1. The molecule has 0 bridgehead atoms. The Balaban J connectivity index is 2.27. The van der Waals surface area contributed by atoms with Crippen LogP contribution in [0, 0.1) is 5.92 Å². The highest BCUT2D eigenvalue weighted by molar-refractivity contribution is 5.90. The van der Waals surface area contributed by atoms with E-state index >= 15 is 0 Å². The molecule has 0 spiro atoms. The molecule has 1 unspecified atom stereocenters. The maximum atomic E-state index is 11.5. The van der Waals surface area contributed by atoms with Crippen molar-refractivity contribution in [3.8, 4) is 0 Å². The number of rotatable bonds is 4. The number of amides is 2. The summed E-state index contributed by atoms with van der Waals surface area (Å²) in [5.41, 5.74) is 5.79. The fourth-order valence-electron chi connectivity index (χ4n) is 1.39. The third-order valence-corrected chi connectivity index (χ3v) is 2.68. The highest BCUT2D eigenvalue weighted by Gasteiger charge is 2.27. The van der Waals surface area contributed by atoms with Crippen LogP contribution < -0.4 is 16.4 Å². The molecule has 15 heavy (non-hydrogen) atoms. The van der Waals surface area contributed by atoms with E-state index in [1.165, 1.54) is 0 Å². The van der Waals surface area contributed by atoms with Gasteiger partial charge in [0.25, 0.3) is 0 Å². The van der Waals surface area contributed by atoms with Gasteiger partial charge in [0.05, 0.1) is 0 Å². The number of nitrogens with one attached hydrogen (secondary N) is 2. The van der Waals surface area contributed by atoms with Crippen LogP contribution in [-0.2, 0) is 9.59 Å². The van der Waals surface area contributed by atoms with E-state index in [1.807, 2.05) is 13.8 Å². The van der Waals surface area contributed by atoms with Crippen LogP contribution in [0.4, 0.5) is 0 Å². The van der Waals surface area contributed by atoms with Crippen molar-refractivity contribution in [3.63, 3.8) is 0 Å². The first-order valence-corrected chi connectivity index (χ1v) is 5.33. The zero-order chi connectivity index (χ0) is 11.4. The molecule has 1 fully saturated rings. The lowest BCUT2D eigenvalue weighted by atomic mass is 10.1. The minimum Gasteiger partial charge on any atom is -0.353 e. The minimum absolute atomic E-state index is 0.0361. The van der Waals surface area contributed by atoms with Crippen LogP contribution >= 0.6 is 0 Å². The average molecular weight is 213 g/mol. The van der Waals surface area contributed by atoms with Crippen LogP contribution in [-0.4, -0.2) is 30.4 Å². The second-order valence-corrected chi connectivity index (χ2v) is 4.31. The first-order valence-electron chi connectivity index (χ1n) is 5.33. The lowest BCUT2D eigenvalue weighted by molar-refractivity contribution is -0.125. The topological polar surface area (TPSA) is 84.2 Å². The molecule has 5 heteroatoms. The van der Waals surface area contributed by atoms with E-state index in [9.17, 15) is 9.59 Å². The summed E-state index contributed by atoms with van der Waals surface area (Å²) in [6.07, 6.45) is 1.02. The van der Waals surface area contributed by atoms with Crippen molar-refractivity contribution in [3.05, 3.63) is 0 Å². The number of nitrogens with two attached hydrogens (primary N) is 1. The van der Waals surface area contributed by atoms with Crippen LogP contribution in [0.15, 0.2) is 0 Å². The van der Waals surface area contributed by atoms with Crippen LogP contribution in [0.25, 0.3) is 0 Å². The van der Waals surface area contributed by atoms with Crippen molar-refractivity contribution in [2.24, 2.45) is 11.7 Å². The van der Waals surface area contributed by atoms with E-state index in [0.29, 0.717) is 25.3 Å². The van der Waals surface area contributed by atoms with Gasteiger partial charge in [0, 0.05) is 19.0 Å². The molecule has 0 aromatic carbocycles. The highest BCUT2D eigenvalue weighted by Crippen LogP contribution is 2.06. The van der Waals surface area contributed by atoms with Crippen molar-refractivity contribution < 1.29 is 9.59 Å². The van der Waals surface area contributed by atoms with Gasteiger partial charge in [-0.3, -0.25) is 9.59 Å². The quantitative estimate of drug-likeness (QED) is 0.581. The van der Waals surface area contributed by atoms with E-state index in [2.05, 4.69) is 10.6 Å². The van der Waals surface area contributed by atoms with Crippen LogP contribution in [0.1, 0.15) is 26.7 Å². The Kier molecular flexibility index (Phi) is 4.08. The molecule has 1 heterocycles. The van der Waals surface area contributed by atoms with Gasteiger partial charge in [0.2, 0.25) is 11.8 Å². The molecule has 2 amide bonds. The molecular formula is C10H19N3O2. The Morgan fingerprint density at radius 1 is 1.67 bits per heavy atom. The Hall–Kier alpha value is -1.10. The zero-order valence-electron chi connectivity index (χ0n) is 9.25. The highest BCUT2D eigenvalue weighted by atomic mass is 16.2. The monoisotopic (exact) mass is 213 g/mol. The predicted octanol–water partition coefficient (Wildman–Crippen LogP) is -0.635. The normalized spacial score (nSPS) is 22.7. The Morgan fingerprint density at radius 3 is 2.80 bits per heavy atom. The van der Waals surface area contributed by atoms with E-state index in [0.717, 1.165) is 0 Å². The van der Waals surface area contributed by atoms with Crippen molar-refractivity contribution in [1.29, 1.82) is 0 Å². The largest absolute Gasteiger partial charge is 0.353 e. The van der Waals surface area contributed by atoms with Gasteiger partial charge in [0.15, 0.2) is 0 Å². The zero-order valence-corrected chi connectivity index (χ0v) is 9.25. The summed E-state index contributed by atoms with van der Waals surface area (Å²) in [5, 5.41) is 5.36. The van der Waals surface area contributed by atoms with E-state index < -0.39 is 0 Å². The first-order chi connectivity index (χ1) is 7.00. The molecule has 1 rings (SSSR count). The molecule has 1 saturated heterocycles. The van der Waals surface area contributed by atoms with Crippen molar-refractivity contribution in [2.75, 3.05) is 6.54 Å². The first kappa shape index (κ1) is 12.0. The van der Waals surface area contributed by atoms with Gasteiger partial charge in [-0.15, -0.1) is 0 Å². The number of carbonyl (C=O) groups is 2. The summed E-state index contributed by atoms with van der Waals surface area (Å²) in [6, 6.07) is -0.400. The van der Waals surface area contributed by atoms with Gasteiger partial charge in [-0.05, 0) is 12.3 Å². The fraction of sp³-hybridized carbons (Fsp3) is 0.800. The van der Waals surface area contributed by atoms with E-state index in [4.69, 9.17) is 5.73 Å². The van der Waals surface area contributed by atoms with Gasteiger partial charge in [0.1, 0.15) is 6.04 Å². The SMILES string of the molecule is CC(C)C(N)CNC(=O)[C@@H]1CCC(=O)N1. The summed E-state index contributed by atoms with van der Waals surface area (Å²) in [4.78, 5) is 22.4. The minimum atomic E-state index is -0.364. The second-order valence-electron chi connectivity index (χ2n) is 4.31. The molecular weight excluding hydrogens is 194 g/mol. The van der Waals surface area contributed by atoms with Crippen molar-refractivity contribution >= 4 is 11.8 Å². The van der Waals surface area contributed by atoms with Gasteiger partial charge in [-0.2, -0.15) is 0 Å². The molecule has 86 valence electrons. The number of carbonyl (C=O) groups excluding carboxylic acids is 2. The van der Waals surface area contributed by atoms with Crippen LogP contribution in [0.3, 0.4) is 0 Å². The second kappa shape index (κ2) is 5.11.